The first-order chi connectivity index (χ1) is 10.4. The molecule has 0 saturated heterocycles. The third-order valence-corrected chi connectivity index (χ3v) is 5.98. The summed E-state index contributed by atoms with van der Waals surface area (Å²) in [4.78, 5) is -0.0235. The number of sulfonamides is 1. The second-order valence-electron chi connectivity index (χ2n) is 4.20. The molecule has 0 spiro atoms. The van der Waals surface area contributed by atoms with E-state index in [2.05, 4.69) is 4.72 Å². The van der Waals surface area contributed by atoms with Crippen LogP contribution in [-0.4, -0.2) is 22.6 Å². The zero-order chi connectivity index (χ0) is 16.3. The molecule has 0 saturated carbocycles. The number of rotatable bonds is 6. The molecule has 0 unspecified atom stereocenters. The van der Waals surface area contributed by atoms with Gasteiger partial charge in [-0.05, 0) is 23.8 Å². The van der Waals surface area contributed by atoms with Crippen LogP contribution in [0, 0.1) is 0 Å². The standard InChI is InChI=1S/C13H13Cl2NO4S2/c1-19-9-4-3-8(5-10(9)20-2)7-16-22(17,18)11-6-12(14)21-13(11)15/h3-6,16H,7H2,1-2H3. The number of nitrogens with one attached hydrogen (secondary N) is 1. The van der Waals surface area contributed by atoms with E-state index in [0.717, 1.165) is 16.9 Å². The molecule has 0 atom stereocenters. The summed E-state index contributed by atoms with van der Waals surface area (Å²) in [6.07, 6.45) is 0. The molecular formula is C13H13Cl2NO4S2. The number of hydrogen-bond donors (Lipinski definition) is 1. The lowest BCUT2D eigenvalue weighted by molar-refractivity contribution is 0.354. The summed E-state index contributed by atoms with van der Waals surface area (Å²) in [5.74, 6) is 1.09. The number of benzene rings is 1. The maximum Gasteiger partial charge on any atom is 0.243 e. The third-order valence-electron chi connectivity index (χ3n) is 2.83. The van der Waals surface area contributed by atoms with Crippen molar-refractivity contribution in [3.05, 3.63) is 38.5 Å². The van der Waals surface area contributed by atoms with Crippen LogP contribution in [0.15, 0.2) is 29.2 Å². The van der Waals surface area contributed by atoms with Gasteiger partial charge < -0.3 is 9.47 Å². The lowest BCUT2D eigenvalue weighted by Gasteiger charge is -2.10. The molecule has 0 aliphatic carbocycles. The topological polar surface area (TPSA) is 64.6 Å². The normalized spacial score (nSPS) is 11.5. The highest BCUT2D eigenvalue weighted by Crippen LogP contribution is 2.34. The van der Waals surface area contributed by atoms with Crippen molar-refractivity contribution in [3.8, 4) is 11.5 Å². The molecule has 0 bridgehead atoms. The van der Waals surface area contributed by atoms with Gasteiger partial charge in [0.05, 0.1) is 18.6 Å². The molecular weight excluding hydrogens is 369 g/mol. The second-order valence-corrected chi connectivity index (χ2v) is 8.22. The van der Waals surface area contributed by atoms with Crippen molar-refractivity contribution in [1.82, 2.24) is 4.72 Å². The Labute approximate surface area is 142 Å². The SMILES string of the molecule is COc1ccc(CNS(=O)(=O)c2cc(Cl)sc2Cl)cc1OC. The maximum atomic E-state index is 12.2. The fraction of sp³-hybridized carbons (Fsp3) is 0.231. The van der Waals surface area contributed by atoms with E-state index in [4.69, 9.17) is 32.7 Å². The molecule has 1 N–H and O–H groups in total. The molecule has 1 aromatic carbocycles. The monoisotopic (exact) mass is 381 g/mol. The molecule has 22 heavy (non-hydrogen) atoms. The molecule has 1 heterocycles. The Morgan fingerprint density at radius 3 is 2.36 bits per heavy atom. The summed E-state index contributed by atoms with van der Waals surface area (Å²) in [6.45, 7) is 0.0898. The van der Waals surface area contributed by atoms with E-state index < -0.39 is 10.0 Å². The Morgan fingerprint density at radius 2 is 1.82 bits per heavy atom. The average Bonchev–Trinajstić information content (AvgIpc) is 2.84. The fourth-order valence-corrected chi connectivity index (χ4v) is 4.92. The molecule has 0 aliphatic rings. The van der Waals surface area contributed by atoms with Crippen molar-refractivity contribution in [3.63, 3.8) is 0 Å². The third kappa shape index (κ3) is 3.85. The summed E-state index contributed by atoms with van der Waals surface area (Å²) >= 11 is 12.7. The van der Waals surface area contributed by atoms with Gasteiger partial charge in [0.1, 0.15) is 9.23 Å². The fourth-order valence-electron chi connectivity index (χ4n) is 1.76. The highest BCUT2D eigenvalue weighted by molar-refractivity contribution is 7.89. The minimum absolute atomic E-state index is 0.0235. The van der Waals surface area contributed by atoms with Gasteiger partial charge in [-0.15, -0.1) is 11.3 Å². The van der Waals surface area contributed by atoms with Gasteiger partial charge in [-0.3, -0.25) is 0 Å². The summed E-state index contributed by atoms with van der Waals surface area (Å²) in [7, 11) is -0.688. The van der Waals surface area contributed by atoms with Crippen molar-refractivity contribution < 1.29 is 17.9 Å². The molecule has 120 valence electrons. The van der Waals surface area contributed by atoms with Gasteiger partial charge in [-0.25, -0.2) is 13.1 Å². The quantitative estimate of drug-likeness (QED) is 0.830. The number of halogens is 2. The summed E-state index contributed by atoms with van der Waals surface area (Å²) in [5, 5.41) is 0. The molecule has 1 aromatic heterocycles. The first-order valence-electron chi connectivity index (χ1n) is 6.03. The number of thiophene rings is 1. The van der Waals surface area contributed by atoms with Crippen LogP contribution in [0.1, 0.15) is 5.56 Å². The Balaban J connectivity index is 2.17. The van der Waals surface area contributed by atoms with Gasteiger partial charge in [0.25, 0.3) is 0 Å². The molecule has 0 fully saturated rings. The van der Waals surface area contributed by atoms with Gasteiger partial charge in [0.2, 0.25) is 10.0 Å². The average molecular weight is 382 g/mol. The van der Waals surface area contributed by atoms with Crippen LogP contribution >= 0.6 is 34.5 Å². The van der Waals surface area contributed by atoms with E-state index in [1.807, 2.05) is 0 Å². The Hall–Kier alpha value is -0.990. The molecule has 5 nitrogen and oxygen atoms in total. The predicted molar refractivity (Wildman–Crippen MR) is 87.9 cm³/mol. The van der Waals surface area contributed by atoms with E-state index in [-0.39, 0.29) is 15.8 Å². The summed E-state index contributed by atoms with van der Waals surface area (Å²) in [6, 6.07) is 6.47. The Morgan fingerprint density at radius 1 is 1.14 bits per heavy atom. The number of ether oxygens (including phenoxy) is 2. The molecule has 0 amide bonds. The van der Waals surface area contributed by atoms with Gasteiger partial charge in [0.15, 0.2) is 11.5 Å². The maximum absolute atomic E-state index is 12.2. The lowest BCUT2D eigenvalue weighted by atomic mass is 10.2. The highest BCUT2D eigenvalue weighted by Gasteiger charge is 2.20. The zero-order valence-corrected chi connectivity index (χ0v) is 14.9. The molecule has 2 aromatic rings. The molecule has 0 aliphatic heterocycles. The van der Waals surface area contributed by atoms with Crippen LogP contribution in [0.25, 0.3) is 0 Å². The van der Waals surface area contributed by atoms with Gasteiger partial charge in [-0.2, -0.15) is 0 Å². The first kappa shape index (κ1) is 17.4. The van der Waals surface area contributed by atoms with Crippen molar-refractivity contribution in [2.75, 3.05) is 14.2 Å². The van der Waals surface area contributed by atoms with Crippen LogP contribution < -0.4 is 14.2 Å². The molecule has 0 radical (unpaired) electrons. The van der Waals surface area contributed by atoms with Crippen molar-refractivity contribution in [2.24, 2.45) is 0 Å². The number of hydrogen-bond acceptors (Lipinski definition) is 5. The predicted octanol–water partition coefficient (Wildman–Crippen LogP) is 3.55. The minimum atomic E-state index is -3.73. The highest BCUT2D eigenvalue weighted by atomic mass is 35.5. The molecule has 2 rings (SSSR count). The van der Waals surface area contributed by atoms with Crippen LogP contribution in [0.5, 0.6) is 11.5 Å². The Bertz CT molecular complexity index is 774. The van der Waals surface area contributed by atoms with Crippen molar-refractivity contribution in [2.45, 2.75) is 11.4 Å². The number of methoxy groups -OCH3 is 2. The van der Waals surface area contributed by atoms with Gasteiger partial charge in [-0.1, -0.05) is 29.3 Å². The summed E-state index contributed by atoms with van der Waals surface area (Å²) in [5.41, 5.74) is 0.721. The van der Waals surface area contributed by atoms with Crippen LogP contribution in [0.4, 0.5) is 0 Å². The second kappa shape index (κ2) is 7.06. The van der Waals surface area contributed by atoms with E-state index in [0.29, 0.717) is 15.8 Å². The smallest absolute Gasteiger partial charge is 0.243 e. The van der Waals surface area contributed by atoms with Crippen LogP contribution in [0.2, 0.25) is 8.67 Å². The van der Waals surface area contributed by atoms with E-state index in [1.54, 1.807) is 18.2 Å². The zero-order valence-electron chi connectivity index (χ0n) is 11.7. The van der Waals surface area contributed by atoms with E-state index in [1.165, 1.54) is 20.3 Å². The van der Waals surface area contributed by atoms with Crippen molar-refractivity contribution in [1.29, 1.82) is 0 Å². The van der Waals surface area contributed by atoms with Crippen LogP contribution in [-0.2, 0) is 16.6 Å². The van der Waals surface area contributed by atoms with Gasteiger partial charge in [0, 0.05) is 6.54 Å². The van der Waals surface area contributed by atoms with E-state index >= 15 is 0 Å². The largest absolute Gasteiger partial charge is 0.493 e. The van der Waals surface area contributed by atoms with Crippen LogP contribution in [0.3, 0.4) is 0 Å². The lowest BCUT2D eigenvalue weighted by Crippen LogP contribution is -2.23. The Kier molecular flexibility index (Phi) is 5.57. The van der Waals surface area contributed by atoms with E-state index in [9.17, 15) is 8.42 Å². The van der Waals surface area contributed by atoms with Crippen molar-refractivity contribution >= 4 is 44.6 Å². The summed E-state index contributed by atoms with van der Waals surface area (Å²) < 4.78 is 37.7. The van der Waals surface area contributed by atoms with Gasteiger partial charge >= 0.3 is 0 Å². The molecule has 9 heteroatoms. The first-order valence-corrected chi connectivity index (χ1v) is 9.08. The minimum Gasteiger partial charge on any atom is -0.493 e.